The van der Waals surface area contributed by atoms with Gasteiger partial charge in [0.05, 0.1) is 7.11 Å². The van der Waals surface area contributed by atoms with Crippen molar-refractivity contribution in [1.82, 2.24) is 0 Å². The summed E-state index contributed by atoms with van der Waals surface area (Å²) < 4.78 is 5.20. The van der Waals surface area contributed by atoms with Gasteiger partial charge in [0.1, 0.15) is 5.75 Å². The molecule has 0 aliphatic heterocycles. The van der Waals surface area contributed by atoms with Crippen LogP contribution in [0.2, 0.25) is 0 Å². The highest BCUT2D eigenvalue weighted by Gasteiger charge is 2.52. The Morgan fingerprint density at radius 1 is 1.00 bits per heavy atom. The summed E-state index contributed by atoms with van der Waals surface area (Å²) in [7, 11) is 1.70. The van der Waals surface area contributed by atoms with E-state index in [-0.39, 0.29) is 5.54 Å². The van der Waals surface area contributed by atoms with Crippen molar-refractivity contribution in [3.05, 3.63) is 29.8 Å². The van der Waals surface area contributed by atoms with Crippen molar-refractivity contribution in [2.75, 3.05) is 7.11 Å². The molecule has 1 aromatic rings. The number of hydrogen-bond acceptors (Lipinski definition) is 2. The van der Waals surface area contributed by atoms with Gasteiger partial charge in [0.25, 0.3) is 0 Å². The molecule has 2 saturated carbocycles. The highest BCUT2D eigenvalue weighted by atomic mass is 16.5. The first kappa shape index (κ1) is 12.0. The van der Waals surface area contributed by atoms with Gasteiger partial charge in [-0.25, -0.2) is 0 Å². The Bertz CT molecular complexity index is 409. The second kappa shape index (κ2) is 4.27. The Morgan fingerprint density at radius 2 is 1.61 bits per heavy atom. The molecule has 0 unspecified atom stereocenters. The van der Waals surface area contributed by atoms with E-state index in [1.54, 1.807) is 7.11 Å². The maximum absolute atomic E-state index is 6.58. The molecule has 1 aromatic carbocycles. The summed E-state index contributed by atoms with van der Waals surface area (Å²) in [5.41, 5.74) is 8.35. The van der Waals surface area contributed by atoms with E-state index in [4.69, 9.17) is 10.5 Å². The van der Waals surface area contributed by atoms with Crippen LogP contribution in [0.5, 0.6) is 5.75 Å². The molecule has 2 aliphatic rings. The first-order valence-electron chi connectivity index (χ1n) is 7.09. The molecule has 18 heavy (non-hydrogen) atoms. The van der Waals surface area contributed by atoms with Gasteiger partial charge in [0.2, 0.25) is 0 Å². The molecule has 0 saturated heterocycles. The Balaban J connectivity index is 1.73. The molecule has 2 N–H and O–H groups in total. The number of ether oxygens (including phenoxy) is 1. The third kappa shape index (κ3) is 1.93. The van der Waals surface area contributed by atoms with Crippen LogP contribution in [0.4, 0.5) is 0 Å². The normalized spacial score (nSPS) is 24.6. The smallest absolute Gasteiger partial charge is 0.118 e. The van der Waals surface area contributed by atoms with Gasteiger partial charge in [-0.15, -0.1) is 0 Å². The lowest BCUT2D eigenvalue weighted by atomic mass is 9.51. The molecule has 1 spiro atoms. The molecule has 2 nitrogen and oxygen atoms in total. The van der Waals surface area contributed by atoms with Gasteiger partial charge in [0, 0.05) is 5.54 Å². The highest BCUT2D eigenvalue weighted by Crippen LogP contribution is 2.59. The minimum absolute atomic E-state index is 0.0798. The maximum atomic E-state index is 6.58. The molecule has 2 heteroatoms. The van der Waals surface area contributed by atoms with Gasteiger partial charge in [-0.1, -0.05) is 31.4 Å². The zero-order valence-electron chi connectivity index (χ0n) is 11.2. The fourth-order valence-electron chi connectivity index (χ4n) is 4.07. The number of methoxy groups -OCH3 is 1. The van der Waals surface area contributed by atoms with Crippen LogP contribution in [-0.4, -0.2) is 7.11 Å². The monoisotopic (exact) mass is 245 g/mol. The molecular formula is C16H23NO. The standard InChI is InChI=1S/C16H23NO/c1-18-14-7-5-13(6-8-14)16(17)11-15(12-16)9-3-2-4-10-15/h5-8H,2-4,9-12,17H2,1H3. The molecule has 0 radical (unpaired) electrons. The summed E-state index contributed by atoms with van der Waals surface area (Å²) in [6.45, 7) is 0. The van der Waals surface area contributed by atoms with E-state index in [9.17, 15) is 0 Å². The van der Waals surface area contributed by atoms with Crippen molar-refractivity contribution in [2.24, 2.45) is 11.1 Å². The first-order valence-corrected chi connectivity index (χ1v) is 7.09. The van der Waals surface area contributed by atoms with Crippen LogP contribution >= 0.6 is 0 Å². The predicted octanol–water partition coefficient (Wildman–Crippen LogP) is 3.59. The van der Waals surface area contributed by atoms with Gasteiger partial charge in [-0.2, -0.15) is 0 Å². The van der Waals surface area contributed by atoms with Crippen LogP contribution in [0.3, 0.4) is 0 Å². The van der Waals surface area contributed by atoms with Gasteiger partial charge in [0.15, 0.2) is 0 Å². The maximum Gasteiger partial charge on any atom is 0.118 e. The van der Waals surface area contributed by atoms with E-state index in [2.05, 4.69) is 12.1 Å². The number of nitrogens with two attached hydrogens (primary N) is 1. The van der Waals surface area contributed by atoms with Crippen molar-refractivity contribution in [3.8, 4) is 5.75 Å². The number of hydrogen-bond donors (Lipinski definition) is 1. The second-order valence-electron chi connectivity index (χ2n) is 6.30. The van der Waals surface area contributed by atoms with E-state index in [0.29, 0.717) is 5.41 Å². The van der Waals surface area contributed by atoms with Crippen LogP contribution in [0.15, 0.2) is 24.3 Å². The zero-order chi connectivity index (χ0) is 12.6. The molecule has 2 aliphatic carbocycles. The Kier molecular flexibility index (Phi) is 2.86. The molecule has 0 amide bonds. The molecule has 0 aromatic heterocycles. The molecular weight excluding hydrogens is 222 g/mol. The van der Waals surface area contributed by atoms with Gasteiger partial charge in [-0.3, -0.25) is 0 Å². The molecule has 98 valence electrons. The zero-order valence-corrected chi connectivity index (χ0v) is 11.2. The third-order valence-electron chi connectivity index (χ3n) is 4.96. The van der Waals surface area contributed by atoms with E-state index >= 15 is 0 Å². The quantitative estimate of drug-likeness (QED) is 0.864. The lowest BCUT2D eigenvalue weighted by Gasteiger charge is -2.57. The molecule has 2 fully saturated rings. The lowest BCUT2D eigenvalue weighted by molar-refractivity contribution is -0.00991. The van der Waals surface area contributed by atoms with Gasteiger partial charge < -0.3 is 10.5 Å². The largest absolute Gasteiger partial charge is 0.497 e. The minimum atomic E-state index is -0.0798. The lowest BCUT2D eigenvalue weighted by Crippen LogP contribution is -2.56. The van der Waals surface area contributed by atoms with Crippen molar-refractivity contribution >= 4 is 0 Å². The molecule has 0 atom stereocenters. The Labute approximate surface area is 110 Å². The van der Waals surface area contributed by atoms with Crippen molar-refractivity contribution in [3.63, 3.8) is 0 Å². The van der Waals surface area contributed by atoms with Crippen molar-refractivity contribution < 1.29 is 4.74 Å². The summed E-state index contributed by atoms with van der Waals surface area (Å²) in [5.74, 6) is 0.911. The summed E-state index contributed by atoms with van der Waals surface area (Å²) in [5, 5.41) is 0. The SMILES string of the molecule is COc1ccc(C2(N)CC3(CCCCC3)C2)cc1. The Morgan fingerprint density at radius 3 is 2.17 bits per heavy atom. The van der Waals surface area contributed by atoms with Crippen molar-refractivity contribution in [2.45, 2.75) is 50.5 Å². The van der Waals surface area contributed by atoms with E-state index in [1.165, 1.54) is 50.5 Å². The summed E-state index contributed by atoms with van der Waals surface area (Å²) in [6, 6.07) is 8.31. The molecule has 3 rings (SSSR count). The average molecular weight is 245 g/mol. The minimum Gasteiger partial charge on any atom is -0.497 e. The van der Waals surface area contributed by atoms with Gasteiger partial charge >= 0.3 is 0 Å². The summed E-state index contributed by atoms with van der Waals surface area (Å²) >= 11 is 0. The number of rotatable bonds is 2. The average Bonchev–Trinajstić information content (AvgIpc) is 2.38. The predicted molar refractivity (Wildman–Crippen MR) is 73.6 cm³/mol. The molecule has 0 heterocycles. The summed E-state index contributed by atoms with van der Waals surface area (Å²) in [4.78, 5) is 0. The molecule has 0 bridgehead atoms. The number of benzene rings is 1. The topological polar surface area (TPSA) is 35.2 Å². The highest BCUT2D eigenvalue weighted by molar-refractivity contribution is 5.34. The fourth-order valence-corrected chi connectivity index (χ4v) is 4.07. The second-order valence-corrected chi connectivity index (χ2v) is 6.30. The fraction of sp³-hybridized carbons (Fsp3) is 0.625. The van der Waals surface area contributed by atoms with E-state index < -0.39 is 0 Å². The van der Waals surface area contributed by atoms with Crippen LogP contribution in [-0.2, 0) is 5.54 Å². The first-order chi connectivity index (χ1) is 8.66. The summed E-state index contributed by atoms with van der Waals surface area (Å²) in [6.07, 6.45) is 9.35. The third-order valence-corrected chi connectivity index (χ3v) is 4.96. The van der Waals surface area contributed by atoms with Gasteiger partial charge in [-0.05, 0) is 48.8 Å². The van der Waals surface area contributed by atoms with Crippen molar-refractivity contribution in [1.29, 1.82) is 0 Å². The van der Waals surface area contributed by atoms with E-state index in [1.807, 2.05) is 12.1 Å². The Hall–Kier alpha value is -1.02. The van der Waals surface area contributed by atoms with Crippen LogP contribution in [0.1, 0.15) is 50.5 Å². The van der Waals surface area contributed by atoms with Crippen LogP contribution in [0.25, 0.3) is 0 Å². The van der Waals surface area contributed by atoms with Crippen LogP contribution in [0, 0.1) is 5.41 Å². The van der Waals surface area contributed by atoms with E-state index in [0.717, 1.165) is 5.75 Å². The van der Waals surface area contributed by atoms with Crippen LogP contribution < -0.4 is 10.5 Å².